The molecule has 0 spiro atoms. The summed E-state index contributed by atoms with van der Waals surface area (Å²) in [6, 6.07) is 3.39. The van der Waals surface area contributed by atoms with E-state index in [-0.39, 0.29) is 5.75 Å². The van der Waals surface area contributed by atoms with E-state index in [1.165, 1.54) is 7.11 Å². The number of methoxy groups -OCH3 is 2. The monoisotopic (exact) mass is 243 g/mol. The lowest BCUT2D eigenvalue weighted by Crippen LogP contribution is -1.98. The summed E-state index contributed by atoms with van der Waals surface area (Å²) in [5.41, 5.74) is 2.60. The number of aromatic hydroxyl groups is 1. The van der Waals surface area contributed by atoms with Gasteiger partial charge in [0.05, 0.1) is 19.9 Å². The van der Waals surface area contributed by atoms with Crippen LogP contribution in [0.15, 0.2) is 18.2 Å². The summed E-state index contributed by atoms with van der Waals surface area (Å²) >= 11 is 0. The highest BCUT2D eigenvalue weighted by molar-refractivity contribution is 5.95. The van der Waals surface area contributed by atoms with E-state index in [0.29, 0.717) is 11.3 Å². The minimum atomic E-state index is 0.0884. The van der Waals surface area contributed by atoms with Gasteiger partial charge < -0.3 is 14.6 Å². The number of allylic oxidation sites excluding steroid dienone is 1. The van der Waals surface area contributed by atoms with Crippen LogP contribution in [-0.4, -0.2) is 24.3 Å². The standard InChI is InChI=1S/C14H13NO3/c1-17-13-8-4-3-5-10(8)15-12-9(13)6-7-11(16)14(12)18-2/h3-4,6-7,16H,5H2,1-2H3. The molecule has 92 valence electrons. The number of hydrogen-bond donors (Lipinski definition) is 1. The van der Waals surface area contributed by atoms with Crippen LogP contribution in [0.25, 0.3) is 17.0 Å². The summed E-state index contributed by atoms with van der Waals surface area (Å²) in [6.45, 7) is 0. The van der Waals surface area contributed by atoms with Crippen molar-refractivity contribution in [3.8, 4) is 17.2 Å². The molecule has 1 N–H and O–H groups in total. The van der Waals surface area contributed by atoms with Crippen molar-refractivity contribution < 1.29 is 14.6 Å². The van der Waals surface area contributed by atoms with Crippen molar-refractivity contribution in [3.63, 3.8) is 0 Å². The fraction of sp³-hybridized carbons (Fsp3) is 0.214. The van der Waals surface area contributed by atoms with Crippen LogP contribution in [-0.2, 0) is 6.42 Å². The molecular formula is C14H13NO3. The number of phenolic OH excluding ortho intramolecular Hbond substituents is 1. The average Bonchev–Trinajstić information content (AvgIpc) is 2.83. The molecule has 0 radical (unpaired) electrons. The van der Waals surface area contributed by atoms with E-state index in [2.05, 4.69) is 4.98 Å². The Labute approximate surface area is 104 Å². The Balaban J connectivity index is 2.44. The van der Waals surface area contributed by atoms with Crippen molar-refractivity contribution in [2.45, 2.75) is 6.42 Å². The minimum absolute atomic E-state index is 0.0884. The number of fused-ring (bicyclic) bond motifs is 2. The second-order valence-electron chi connectivity index (χ2n) is 4.13. The van der Waals surface area contributed by atoms with Crippen molar-refractivity contribution in [1.29, 1.82) is 0 Å². The molecular weight excluding hydrogens is 230 g/mol. The number of aromatic nitrogens is 1. The van der Waals surface area contributed by atoms with Crippen LogP contribution in [0, 0.1) is 0 Å². The van der Waals surface area contributed by atoms with E-state index >= 15 is 0 Å². The Morgan fingerprint density at radius 1 is 1.17 bits per heavy atom. The van der Waals surface area contributed by atoms with Gasteiger partial charge in [-0.3, -0.25) is 0 Å². The molecule has 0 saturated heterocycles. The first-order chi connectivity index (χ1) is 8.76. The zero-order valence-corrected chi connectivity index (χ0v) is 10.2. The highest BCUT2D eigenvalue weighted by Crippen LogP contribution is 2.41. The number of pyridine rings is 1. The lowest BCUT2D eigenvalue weighted by molar-refractivity contribution is 0.376. The molecule has 2 aromatic rings. The Morgan fingerprint density at radius 2 is 1.94 bits per heavy atom. The maximum Gasteiger partial charge on any atom is 0.187 e. The van der Waals surface area contributed by atoms with Crippen LogP contribution < -0.4 is 9.47 Å². The summed E-state index contributed by atoms with van der Waals surface area (Å²) in [5.74, 6) is 1.26. The van der Waals surface area contributed by atoms with E-state index in [4.69, 9.17) is 9.47 Å². The first-order valence-corrected chi connectivity index (χ1v) is 5.69. The van der Waals surface area contributed by atoms with E-state index in [9.17, 15) is 5.11 Å². The smallest absolute Gasteiger partial charge is 0.187 e. The van der Waals surface area contributed by atoms with Gasteiger partial charge in [0, 0.05) is 17.4 Å². The van der Waals surface area contributed by atoms with Crippen molar-refractivity contribution in [1.82, 2.24) is 4.98 Å². The molecule has 0 atom stereocenters. The normalized spacial score (nSPS) is 12.8. The molecule has 0 unspecified atom stereocenters. The second-order valence-corrected chi connectivity index (χ2v) is 4.13. The third kappa shape index (κ3) is 1.35. The van der Waals surface area contributed by atoms with Crippen molar-refractivity contribution in [3.05, 3.63) is 29.5 Å². The SMILES string of the molecule is COc1c2c(nc3c(OC)c(O)ccc13)CC=C2. The molecule has 0 fully saturated rings. The number of ether oxygens (including phenoxy) is 2. The second kappa shape index (κ2) is 3.91. The lowest BCUT2D eigenvalue weighted by atomic mass is 10.1. The molecule has 1 aromatic heterocycles. The van der Waals surface area contributed by atoms with Gasteiger partial charge in [0.1, 0.15) is 11.3 Å². The van der Waals surface area contributed by atoms with E-state index < -0.39 is 0 Å². The molecule has 18 heavy (non-hydrogen) atoms. The van der Waals surface area contributed by atoms with Crippen LogP contribution in [0.1, 0.15) is 11.3 Å². The molecule has 1 aromatic carbocycles. The Hall–Kier alpha value is -2.23. The molecule has 0 bridgehead atoms. The zero-order valence-electron chi connectivity index (χ0n) is 10.2. The number of phenols is 1. The average molecular weight is 243 g/mol. The molecule has 4 heteroatoms. The number of benzene rings is 1. The highest BCUT2D eigenvalue weighted by Gasteiger charge is 2.20. The van der Waals surface area contributed by atoms with Gasteiger partial charge in [-0.1, -0.05) is 12.2 Å². The summed E-state index contributed by atoms with van der Waals surface area (Å²) in [4.78, 5) is 4.57. The van der Waals surface area contributed by atoms with Crippen LogP contribution in [0.2, 0.25) is 0 Å². The Bertz CT molecular complexity index is 662. The maximum absolute atomic E-state index is 9.80. The van der Waals surface area contributed by atoms with Crippen LogP contribution in [0.5, 0.6) is 17.2 Å². The van der Waals surface area contributed by atoms with Gasteiger partial charge in [0.15, 0.2) is 11.5 Å². The molecule has 1 aliphatic rings. The fourth-order valence-corrected chi connectivity index (χ4v) is 2.36. The Morgan fingerprint density at radius 3 is 2.67 bits per heavy atom. The number of rotatable bonds is 2. The van der Waals surface area contributed by atoms with Gasteiger partial charge in [-0.15, -0.1) is 0 Å². The topological polar surface area (TPSA) is 51.6 Å². The minimum Gasteiger partial charge on any atom is -0.504 e. The third-order valence-electron chi connectivity index (χ3n) is 3.16. The number of nitrogens with zero attached hydrogens (tertiary/aromatic N) is 1. The predicted molar refractivity (Wildman–Crippen MR) is 69.2 cm³/mol. The summed E-state index contributed by atoms with van der Waals surface area (Å²) in [7, 11) is 3.16. The summed E-state index contributed by atoms with van der Waals surface area (Å²) in [6.07, 6.45) is 4.84. The van der Waals surface area contributed by atoms with Crippen molar-refractivity contribution in [2.75, 3.05) is 14.2 Å². The van der Waals surface area contributed by atoms with Gasteiger partial charge in [-0.25, -0.2) is 4.98 Å². The zero-order chi connectivity index (χ0) is 12.7. The highest BCUT2D eigenvalue weighted by atomic mass is 16.5. The van der Waals surface area contributed by atoms with Gasteiger partial charge in [-0.05, 0) is 12.1 Å². The fourth-order valence-electron chi connectivity index (χ4n) is 2.36. The van der Waals surface area contributed by atoms with Gasteiger partial charge in [0.25, 0.3) is 0 Å². The van der Waals surface area contributed by atoms with Crippen molar-refractivity contribution >= 4 is 17.0 Å². The number of hydrogen-bond acceptors (Lipinski definition) is 4. The Kier molecular flexibility index (Phi) is 2.37. The molecule has 0 amide bonds. The summed E-state index contributed by atoms with van der Waals surface area (Å²) < 4.78 is 10.7. The molecule has 0 aliphatic heterocycles. The summed E-state index contributed by atoms with van der Waals surface area (Å²) in [5, 5.41) is 10.6. The van der Waals surface area contributed by atoms with Crippen LogP contribution in [0.3, 0.4) is 0 Å². The quantitative estimate of drug-likeness (QED) is 0.880. The lowest BCUT2D eigenvalue weighted by Gasteiger charge is -2.13. The first kappa shape index (κ1) is 10.9. The van der Waals surface area contributed by atoms with E-state index in [1.807, 2.05) is 12.2 Å². The van der Waals surface area contributed by atoms with E-state index in [0.717, 1.165) is 28.8 Å². The largest absolute Gasteiger partial charge is 0.504 e. The molecule has 1 aliphatic carbocycles. The van der Waals surface area contributed by atoms with Crippen LogP contribution in [0.4, 0.5) is 0 Å². The van der Waals surface area contributed by atoms with Gasteiger partial charge in [0.2, 0.25) is 0 Å². The maximum atomic E-state index is 9.80. The van der Waals surface area contributed by atoms with Crippen LogP contribution >= 0.6 is 0 Å². The molecule has 1 heterocycles. The molecule has 0 saturated carbocycles. The van der Waals surface area contributed by atoms with Crippen molar-refractivity contribution in [2.24, 2.45) is 0 Å². The van der Waals surface area contributed by atoms with Gasteiger partial charge >= 0.3 is 0 Å². The third-order valence-corrected chi connectivity index (χ3v) is 3.16. The molecule has 3 rings (SSSR count). The predicted octanol–water partition coefficient (Wildman–Crippen LogP) is 2.53. The van der Waals surface area contributed by atoms with E-state index in [1.54, 1.807) is 19.2 Å². The first-order valence-electron chi connectivity index (χ1n) is 5.69. The van der Waals surface area contributed by atoms with Gasteiger partial charge in [-0.2, -0.15) is 0 Å². The molecule has 4 nitrogen and oxygen atoms in total.